The summed E-state index contributed by atoms with van der Waals surface area (Å²) >= 11 is 0. The minimum atomic E-state index is -0.355. The van der Waals surface area contributed by atoms with Crippen molar-refractivity contribution in [1.82, 2.24) is 4.90 Å². The maximum absolute atomic E-state index is 13.9. The van der Waals surface area contributed by atoms with E-state index in [2.05, 4.69) is 6.07 Å². The van der Waals surface area contributed by atoms with E-state index in [-0.39, 0.29) is 31.1 Å². The molecule has 0 bridgehead atoms. The second kappa shape index (κ2) is 15.6. The molecule has 250 valence electrons. The molecular weight excluding hydrogens is 610 g/mol. The average Bonchev–Trinajstić information content (AvgIpc) is 3.05. The second-order valence-corrected chi connectivity index (χ2v) is 13.1. The van der Waals surface area contributed by atoms with E-state index in [1.165, 1.54) is 0 Å². The first kappa shape index (κ1) is 34.8. The summed E-state index contributed by atoms with van der Waals surface area (Å²) in [6, 6.07) is 32.8. The summed E-state index contributed by atoms with van der Waals surface area (Å²) in [6.45, 7) is 12.9. The summed E-state index contributed by atoms with van der Waals surface area (Å²) in [5.74, 6) is -0.775. The summed E-state index contributed by atoms with van der Waals surface area (Å²) in [7, 11) is 0. The van der Waals surface area contributed by atoms with Gasteiger partial charge >= 0.3 is 11.9 Å². The highest BCUT2D eigenvalue weighted by molar-refractivity contribution is 5.94. The highest BCUT2D eigenvalue weighted by Gasteiger charge is 2.18. The van der Waals surface area contributed by atoms with Crippen molar-refractivity contribution < 1.29 is 23.9 Å². The van der Waals surface area contributed by atoms with Crippen LogP contribution in [0.2, 0.25) is 0 Å². The highest BCUT2D eigenvalue weighted by Crippen LogP contribution is 2.19. The smallest absolute Gasteiger partial charge is 0.338 e. The zero-order valence-corrected chi connectivity index (χ0v) is 29.1. The lowest BCUT2D eigenvalue weighted by molar-refractivity contribution is 0.0464. The van der Waals surface area contributed by atoms with Crippen LogP contribution in [-0.4, -0.2) is 22.7 Å². The van der Waals surface area contributed by atoms with Gasteiger partial charge in [-0.2, -0.15) is 0 Å². The third kappa shape index (κ3) is 9.77. The lowest BCUT2D eigenvalue weighted by atomic mass is 10.0. The molecular formula is C43H43NO5. The Bertz CT molecular complexity index is 1800. The van der Waals surface area contributed by atoms with Crippen molar-refractivity contribution in [3.63, 3.8) is 0 Å². The summed E-state index contributed by atoms with van der Waals surface area (Å²) in [5.41, 5.74) is 11.5. The van der Waals surface area contributed by atoms with Crippen molar-refractivity contribution in [3.05, 3.63) is 175 Å². The van der Waals surface area contributed by atoms with Gasteiger partial charge in [-0.25, -0.2) is 9.59 Å². The zero-order valence-electron chi connectivity index (χ0n) is 29.1. The summed E-state index contributed by atoms with van der Waals surface area (Å²) in [5, 5.41) is 0. The molecule has 0 unspecified atom stereocenters. The van der Waals surface area contributed by atoms with Crippen LogP contribution in [0.4, 0.5) is 0 Å². The molecule has 0 aromatic heterocycles. The molecule has 6 nitrogen and oxygen atoms in total. The van der Waals surface area contributed by atoms with Crippen molar-refractivity contribution in [1.29, 1.82) is 0 Å². The number of benzene rings is 5. The van der Waals surface area contributed by atoms with Crippen LogP contribution in [0.1, 0.15) is 86.7 Å². The van der Waals surface area contributed by atoms with E-state index < -0.39 is 0 Å². The number of hydrogen-bond donors (Lipinski definition) is 0. The largest absolute Gasteiger partial charge is 0.457 e. The van der Waals surface area contributed by atoms with Crippen LogP contribution in [-0.2, 0) is 35.8 Å². The van der Waals surface area contributed by atoms with Gasteiger partial charge in [-0.15, -0.1) is 0 Å². The van der Waals surface area contributed by atoms with E-state index in [0.29, 0.717) is 29.8 Å². The Labute approximate surface area is 289 Å². The van der Waals surface area contributed by atoms with Crippen molar-refractivity contribution in [2.75, 3.05) is 0 Å². The first-order chi connectivity index (χ1) is 23.4. The Hall–Kier alpha value is -5.49. The lowest BCUT2D eigenvalue weighted by Crippen LogP contribution is -2.30. The molecule has 1 amide bonds. The number of ether oxygens (including phenoxy) is 2. The number of aryl methyl sites for hydroxylation is 6. The average molecular weight is 654 g/mol. The topological polar surface area (TPSA) is 72.9 Å². The zero-order chi connectivity index (χ0) is 35.1. The van der Waals surface area contributed by atoms with E-state index in [1.54, 1.807) is 0 Å². The summed E-state index contributed by atoms with van der Waals surface area (Å²) < 4.78 is 11.2. The molecule has 0 heterocycles. The summed E-state index contributed by atoms with van der Waals surface area (Å²) in [4.78, 5) is 41.0. The molecule has 0 saturated heterocycles. The fraction of sp³-hybridized carbons (Fsp3) is 0.233. The molecule has 0 spiro atoms. The Morgan fingerprint density at radius 2 is 0.714 bits per heavy atom. The molecule has 5 rings (SSSR count). The quantitative estimate of drug-likeness (QED) is 0.133. The molecule has 5 aromatic carbocycles. The molecule has 0 aliphatic rings. The van der Waals surface area contributed by atoms with Gasteiger partial charge in [0.1, 0.15) is 13.2 Å². The lowest BCUT2D eigenvalue weighted by Gasteiger charge is -2.24. The fourth-order valence-electron chi connectivity index (χ4n) is 6.05. The number of amides is 1. The molecule has 0 aliphatic carbocycles. The third-order valence-corrected chi connectivity index (χ3v) is 8.20. The van der Waals surface area contributed by atoms with Crippen molar-refractivity contribution in [3.8, 4) is 0 Å². The standard InChI is InChI=1S/C43H43NO5/c1-28-15-29(2)19-38(18-28)41(45)44(24-34-7-11-36(12-8-34)26-48-42(46)39-20-30(3)16-31(4)21-39)25-35-9-13-37(14-10-35)27-49-43(47)40-22-32(5)17-33(6)23-40/h7-23H,24-27H2,1-6H3. The molecule has 0 aliphatic heterocycles. The molecule has 0 N–H and O–H groups in total. The van der Waals surface area contributed by atoms with Gasteiger partial charge in [0, 0.05) is 18.7 Å². The number of carbonyl (C=O) groups is 3. The molecule has 0 radical (unpaired) electrons. The molecule has 0 saturated carbocycles. The molecule has 49 heavy (non-hydrogen) atoms. The number of rotatable bonds is 11. The van der Waals surface area contributed by atoms with Crippen LogP contribution in [0, 0.1) is 41.5 Å². The van der Waals surface area contributed by atoms with Crippen molar-refractivity contribution >= 4 is 17.8 Å². The SMILES string of the molecule is Cc1cc(C)cc(C(=O)OCc2ccc(CN(Cc3ccc(COC(=O)c4cc(C)cc(C)c4)cc3)C(=O)c3cc(C)cc(C)c3)cc2)c1. The van der Waals surface area contributed by atoms with E-state index in [4.69, 9.17) is 9.47 Å². The molecule has 0 fully saturated rings. The molecule has 6 heteroatoms. The van der Waals surface area contributed by atoms with E-state index in [0.717, 1.165) is 55.6 Å². The van der Waals surface area contributed by atoms with Gasteiger partial charge in [-0.1, -0.05) is 100 Å². The van der Waals surface area contributed by atoms with Gasteiger partial charge in [0.2, 0.25) is 0 Å². The minimum absolute atomic E-state index is 0.0651. The van der Waals surface area contributed by atoms with Gasteiger partial charge in [-0.05, 0) is 100 Å². The Morgan fingerprint density at radius 1 is 0.429 bits per heavy atom. The van der Waals surface area contributed by atoms with Gasteiger partial charge < -0.3 is 14.4 Å². The predicted molar refractivity (Wildman–Crippen MR) is 192 cm³/mol. The Balaban J connectivity index is 1.26. The van der Waals surface area contributed by atoms with Crippen molar-refractivity contribution in [2.45, 2.75) is 67.8 Å². The van der Waals surface area contributed by atoms with Crippen LogP contribution >= 0.6 is 0 Å². The van der Waals surface area contributed by atoms with Crippen LogP contribution in [0.3, 0.4) is 0 Å². The van der Waals surface area contributed by atoms with Crippen LogP contribution in [0.5, 0.6) is 0 Å². The molecule has 5 aromatic rings. The number of nitrogens with zero attached hydrogens (tertiary/aromatic N) is 1. The Morgan fingerprint density at radius 3 is 1.04 bits per heavy atom. The van der Waals surface area contributed by atoms with Gasteiger partial charge in [0.05, 0.1) is 11.1 Å². The van der Waals surface area contributed by atoms with E-state index >= 15 is 0 Å². The number of esters is 2. The maximum atomic E-state index is 13.9. The van der Waals surface area contributed by atoms with Crippen molar-refractivity contribution in [2.24, 2.45) is 0 Å². The van der Waals surface area contributed by atoms with Crippen LogP contribution in [0.15, 0.2) is 103 Å². The summed E-state index contributed by atoms with van der Waals surface area (Å²) in [6.07, 6.45) is 0. The predicted octanol–water partition coefficient (Wildman–Crippen LogP) is 9.09. The minimum Gasteiger partial charge on any atom is -0.457 e. The van der Waals surface area contributed by atoms with Crippen LogP contribution < -0.4 is 0 Å². The first-order valence-electron chi connectivity index (χ1n) is 16.5. The van der Waals surface area contributed by atoms with Gasteiger partial charge in [0.25, 0.3) is 5.91 Å². The van der Waals surface area contributed by atoms with Gasteiger partial charge in [-0.3, -0.25) is 4.79 Å². The fourth-order valence-corrected chi connectivity index (χ4v) is 6.05. The maximum Gasteiger partial charge on any atom is 0.338 e. The van der Waals surface area contributed by atoms with E-state index in [1.807, 2.05) is 144 Å². The highest BCUT2D eigenvalue weighted by atomic mass is 16.5. The normalized spacial score (nSPS) is 10.8. The Kier molecular flexibility index (Phi) is 11.1. The monoisotopic (exact) mass is 653 g/mol. The molecule has 0 atom stereocenters. The third-order valence-electron chi connectivity index (χ3n) is 8.20. The second-order valence-electron chi connectivity index (χ2n) is 13.1. The van der Waals surface area contributed by atoms with E-state index in [9.17, 15) is 14.4 Å². The first-order valence-corrected chi connectivity index (χ1v) is 16.5. The number of hydrogen-bond acceptors (Lipinski definition) is 5. The van der Waals surface area contributed by atoms with Crippen LogP contribution in [0.25, 0.3) is 0 Å². The number of carbonyl (C=O) groups excluding carboxylic acids is 3. The van der Waals surface area contributed by atoms with Gasteiger partial charge in [0.15, 0.2) is 0 Å².